The third-order valence-corrected chi connectivity index (χ3v) is 4.73. The third-order valence-electron chi connectivity index (χ3n) is 4.73. The molecule has 2 aromatic heterocycles. The van der Waals surface area contributed by atoms with Crippen LogP contribution in [0.4, 0.5) is 10.2 Å². The van der Waals surface area contributed by atoms with Crippen LogP contribution in [0.3, 0.4) is 0 Å². The van der Waals surface area contributed by atoms with Crippen molar-refractivity contribution in [1.29, 1.82) is 0 Å². The Balaban J connectivity index is 1.81. The Labute approximate surface area is 144 Å². The molecule has 4 rings (SSSR count). The Kier molecular flexibility index (Phi) is 3.80. The first-order valence-electron chi connectivity index (χ1n) is 8.29. The number of phenolic OH excluding ortho intramolecular Hbond substituents is 1. The standard InChI is InChI=1S/C18H19FN4O2/c1-11-8-13(14(19)9-16(11)25)15-10-21-18-17(20-4-7-23(15)18)22-5-2-12(24)3-6-22/h4,7-10,12,24-25H,2-3,5-6H2,1H3. The fourth-order valence-electron chi connectivity index (χ4n) is 3.27. The topological polar surface area (TPSA) is 73.9 Å². The molecule has 0 amide bonds. The molecular weight excluding hydrogens is 323 g/mol. The van der Waals surface area contributed by atoms with E-state index in [1.807, 2.05) is 4.40 Å². The number of aromatic hydroxyl groups is 1. The van der Waals surface area contributed by atoms with Gasteiger partial charge in [-0.15, -0.1) is 0 Å². The number of phenols is 1. The average Bonchev–Trinajstić information content (AvgIpc) is 3.03. The number of aliphatic hydroxyl groups excluding tert-OH is 1. The molecule has 0 atom stereocenters. The summed E-state index contributed by atoms with van der Waals surface area (Å²) in [4.78, 5) is 11.0. The normalized spacial score (nSPS) is 15.9. The van der Waals surface area contributed by atoms with Gasteiger partial charge >= 0.3 is 0 Å². The predicted octanol–water partition coefficient (Wildman–Crippen LogP) is 2.51. The van der Waals surface area contributed by atoms with E-state index in [1.54, 1.807) is 31.6 Å². The van der Waals surface area contributed by atoms with Crippen LogP contribution in [0.15, 0.2) is 30.7 Å². The number of piperidine rings is 1. The first-order chi connectivity index (χ1) is 12.0. The van der Waals surface area contributed by atoms with Crippen LogP contribution in [-0.2, 0) is 0 Å². The van der Waals surface area contributed by atoms with Gasteiger partial charge in [0.2, 0.25) is 0 Å². The van der Waals surface area contributed by atoms with Gasteiger partial charge in [-0.1, -0.05) is 0 Å². The third kappa shape index (κ3) is 2.70. The minimum atomic E-state index is -0.496. The highest BCUT2D eigenvalue weighted by Crippen LogP contribution is 2.31. The molecular formula is C18H19FN4O2. The molecule has 3 heterocycles. The van der Waals surface area contributed by atoms with E-state index in [9.17, 15) is 14.6 Å². The van der Waals surface area contributed by atoms with E-state index >= 15 is 0 Å². The van der Waals surface area contributed by atoms with Crippen LogP contribution < -0.4 is 4.90 Å². The molecule has 1 saturated heterocycles. The van der Waals surface area contributed by atoms with Crippen molar-refractivity contribution in [2.24, 2.45) is 0 Å². The van der Waals surface area contributed by atoms with E-state index < -0.39 is 5.82 Å². The summed E-state index contributed by atoms with van der Waals surface area (Å²) in [5.41, 5.74) is 2.25. The van der Waals surface area contributed by atoms with Crippen molar-refractivity contribution in [3.05, 3.63) is 42.1 Å². The molecule has 2 N–H and O–H groups in total. The van der Waals surface area contributed by atoms with Crippen LogP contribution in [-0.4, -0.2) is 43.8 Å². The van der Waals surface area contributed by atoms with E-state index in [2.05, 4.69) is 14.9 Å². The van der Waals surface area contributed by atoms with Gasteiger partial charge < -0.3 is 15.1 Å². The lowest BCUT2D eigenvalue weighted by Gasteiger charge is -2.30. The highest BCUT2D eigenvalue weighted by atomic mass is 19.1. The number of nitrogens with zero attached hydrogens (tertiary/aromatic N) is 4. The fraction of sp³-hybridized carbons (Fsp3) is 0.333. The maximum atomic E-state index is 14.4. The number of aromatic nitrogens is 3. The van der Waals surface area contributed by atoms with Crippen LogP contribution in [0, 0.1) is 12.7 Å². The van der Waals surface area contributed by atoms with Crippen molar-refractivity contribution in [2.45, 2.75) is 25.9 Å². The number of rotatable bonds is 2. The Hall–Kier alpha value is -2.67. The lowest BCUT2D eigenvalue weighted by molar-refractivity contribution is 0.145. The quantitative estimate of drug-likeness (QED) is 0.749. The van der Waals surface area contributed by atoms with Gasteiger partial charge in [-0.2, -0.15) is 0 Å². The summed E-state index contributed by atoms with van der Waals surface area (Å²) in [5.74, 6) is 0.171. The van der Waals surface area contributed by atoms with Crippen LogP contribution in [0.2, 0.25) is 0 Å². The molecule has 0 spiro atoms. The van der Waals surface area contributed by atoms with E-state index in [4.69, 9.17) is 0 Å². The zero-order chi connectivity index (χ0) is 17.6. The molecule has 130 valence electrons. The SMILES string of the molecule is Cc1cc(-c2cnc3c(N4CCC(O)CC4)nccn23)c(F)cc1O. The molecule has 0 saturated carbocycles. The number of fused-ring (bicyclic) bond motifs is 1. The molecule has 1 aromatic carbocycles. The molecule has 3 aromatic rings. The summed E-state index contributed by atoms with van der Waals surface area (Å²) in [6, 6.07) is 2.74. The van der Waals surface area contributed by atoms with E-state index in [0.717, 1.165) is 11.9 Å². The summed E-state index contributed by atoms with van der Waals surface area (Å²) in [6.45, 7) is 3.15. The van der Waals surface area contributed by atoms with E-state index in [1.165, 1.54) is 0 Å². The Bertz CT molecular complexity index is 932. The zero-order valence-electron chi connectivity index (χ0n) is 13.9. The molecule has 6 nitrogen and oxygen atoms in total. The number of benzene rings is 1. The van der Waals surface area contributed by atoms with Gasteiger partial charge in [0.25, 0.3) is 0 Å². The minimum Gasteiger partial charge on any atom is -0.508 e. The van der Waals surface area contributed by atoms with Gasteiger partial charge in [-0.25, -0.2) is 14.4 Å². The summed E-state index contributed by atoms with van der Waals surface area (Å²) >= 11 is 0. The van der Waals surface area contributed by atoms with Crippen molar-refractivity contribution < 1.29 is 14.6 Å². The van der Waals surface area contributed by atoms with Crippen LogP contribution in [0.1, 0.15) is 18.4 Å². The largest absolute Gasteiger partial charge is 0.508 e. The van der Waals surface area contributed by atoms with Crippen molar-refractivity contribution in [1.82, 2.24) is 14.4 Å². The molecule has 0 unspecified atom stereocenters. The molecule has 0 radical (unpaired) electrons. The lowest BCUT2D eigenvalue weighted by atomic mass is 10.1. The second kappa shape index (κ2) is 6.00. The summed E-state index contributed by atoms with van der Waals surface area (Å²) in [6.07, 6.45) is 6.17. The predicted molar refractivity (Wildman–Crippen MR) is 92.2 cm³/mol. The lowest BCUT2D eigenvalue weighted by Crippen LogP contribution is -2.36. The fourth-order valence-corrected chi connectivity index (χ4v) is 3.27. The van der Waals surface area contributed by atoms with Crippen LogP contribution >= 0.6 is 0 Å². The molecule has 0 aliphatic carbocycles. The Morgan fingerprint density at radius 3 is 2.72 bits per heavy atom. The molecule has 1 fully saturated rings. The first kappa shape index (κ1) is 15.8. The van der Waals surface area contributed by atoms with Crippen LogP contribution in [0.5, 0.6) is 5.75 Å². The summed E-state index contributed by atoms with van der Waals surface area (Å²) in [7, 11) is 0. The summed E-state index contributed by atoms with van der Waals surface area (Å²) in [5, 5.41) is 19.4. The zero-order valence-corrected chi connectivity index (χ0v) is 13.9. The molecule has 1 aliphatic heterocycles. The van der Waals surface area contributed by atoms with Gasteiger partial charge in [-0.05, 0) is 31.4 Å². The first-order valence-corrected chi connectivity index (χ1v) is 8.29. The number of hydrogen-bond acceptors (Lipinski definition) is 5. The van der Waals surface area contributed by atoms with Crippen molar-refractivity contribution in [3.63, 3.8) is 0 Å². The monoisotopic (exact) mass is 342 g/mol. The van der Waals surface area contributed by atoms with E-state index in [-0.39, 0.29) is 11.9 Å². The minimum absolute atomic E-state index is 0.0655. The van der Waals surface area contributed by atoms with Gasteiger partial charge in [0.1, 0.15) is 11.6 Å². The average molecular weight is 342 g/mol. The maximum absolute atomic E-state index is 14.4. The Morgan fingerprint density at radius 2 is 1.96 bits per heavy atom. The molecule has 7 heteroatoms. The number of aryl methyl sites for hydroxylation is 1. The van der Waals surface area contributed by atoms with Crippen molar-refractivity contribution >= 4 is 11.5 Å². The second-order valence-electron chi connectivity index (χ2n) is 6.42. The highest BCUT2D eigenvalue weighted by molar-refractivity contribution is 5.72. The Morgan fingerprint density at radius 1 is 1.20 bits per heavy atom. The summed E-state index contributed by atoms with van der Waals surface area (Å²) < 4.78 is 16.2. The van der Waals surface area contributed by atoms with E-state index in [0.29, 0.717) is 48.4 Å². The number of halogens is 1. The second-order valence-corrected chi connectivity index (χ2v) is 6.42. The molecule has 25 heavy (non-hydrogen) atoms. The maximum Gasteiger partial charge on any atom is 0.180 e. The number of hydrogen-bond donors (Lipinski definition) is 2. The number of imidazole rings is 1. The van der Waals surface area contributed by atoms with Gasteiger partial charge in [0, 0.05) is 37.1 Å². The smallest absolute Gasteiger partial charge is 0.180 e. The van der Waals surface area contributed by atoms with Crippen molar-refractivity contribution in [2.75, 3.05) is 18.0 Å². The number of anilines is 1. The molecule has 1 aliphatic rings. The van der Waals surface area contributed by atoms with Crippen molar-refractivity contribution in [3.8, 4) is 17.0 Å². The number of aliphatic hydroxyl groups is 1. The highest BCUT2D eigenvalue weighted by Gasteiger charge is 2.22. The van der Waals surface area contributed by atoms with Gasteiger partial charge in [0.15, 0.2) is 11.5 Å². The molecule has 0 bridgehead atoms. The van der Waals surface area contributed by atoms with Gasteiger partial charge in [0.05, 0.1) is 18.0 Å². The van der Waals surface area contributed by atoms with Crippen LogP contribution in [0.25, 0.3) is 16.9 Å². The van der Waals surface area contributed by atoms with Gasteiger partial charge in [-0.3, -0.25) is 4.40 Å².